The lowest BCUT2D eigenvalue weighted by Gasteiger charge is -2.22. The van der Waals surface area contributed by atoms with E-state index in [1.807, 2.05) is 18.7 Å². The van der Waals surface area contributed by atoms with E-state index < -0.39 is 11.8 Å². The third-order valence-electron chi connectivity index (χ3n) is 4.92. The molecular weight excluding hydrogens is 361 g/mol. The van der Waals surface area contributed by atoms with E-state index in [0.717, 1.165) is 4.90 Å². The van der Waals surface area contributed by atoms with Crippen LogP contribution in [0.5, 0.6) is 0 Å². The van der Waals surface area contributed by atoms with Crippen molar-refractivity contribution in [2.24, 2.45) is 0 Å². The van der Waals surface area contributed by atoms with Crippen LogP contribution >= 0.6 is 0 Å². The summed E-state index contributed by atoms with van der Waals surface area (Å²) in [6.45, 7) is 5.49. The van der Waals surface area contributed by atoms with Gasteiger partial charge in [-0.15, -0.1) is 0 Å². The van der Waals surface area contributed by atoms with Crippen molar-refractivity contribution in [3.63, 3.8) is 0 Å². The van der Waals surface area contributed by atoms with E-state index in [1.54, 1.807) is 12.1 Å². The summed E-state index contributed by atoms with van der Waals surface area (Å²) in [6.07, 6.45) is 0. The summed E-state index contributed by atoms with van der Waals surface area (Å²) in [5, 5.41) is 2.72. The zero-order valence-electron chi connectivity index (χ0n) is 16.1. The number of nitrogens with one attached hydrogen (secondary N) is 1. The maximum absolute atomic E-state index is 14.4. The van der Waals surface area contributed by atoms with Crippen molar-refractivity contribution in [3.05, 3.63) is 64.5 Å². The van der Waals surface area contributed by atoms with Crippen molar-refractivity contribution in [2.45, 2.75) is 20.4 Å². The van der Waals surface area contributed by atoms with Crippen molar-refractivity contribution < 1.29 is 18.8 Å². The van der Waals surface area contributed by atoms with E-state index in [0.29, 0.717) is 24.3 Å². The fourth-order valence-corrected chi connectivity index (χ4v) is 3.27. The van der Waals surface area contributed by atoms with E-state index in [2.05, 4.69) is 5.32 Å². The van der Waals surface area contributed by atoms with Crippen LogP contribution in [-0.4, -0.2) is 42.8 Å². The Balaban J connectivity index is 1.71. The fourth-order valence-electron chi connectivity index (χ4n) is 3.27. The number of amides is 3. The molecule has 146 valence electrons. The molecule has 0 aliphatic carbocycles. The Morgan fingerprint density at radius 2 is 1.71 bits per heavy atom. The van der Waals surface area contributed by atoms with Crippen molar-refractivity contribution in [1.29, 1.82) is 0 Å². The molecule has 1 aliphatic heterocycles. The van der Waals surface area contributed by atoms with Crippen LogP contribution in [0.1, 0.15) is 50.5 Å². The molecule has 1 aliphatic rings. The fraction of sp³-hybridized carbons (Fsp3) is 0.286. The third kappa shape index (κ3) is 3.47. The topological polar surface area (TPSA) is 69.7 Å². The number of halogens is 1. The number of carbonyl (C=O) groups excluding carboxylic acids is 3. The van der Waals surface area contributed by atoms with Crippen LogP contribution in [0.25, 0.3) is 0 Å². The molecule has 0 unspecified atom stereocenters. The van der Waals surface area contributed by atoms with Crippen LogP contribution in [0.15, 0.2) is 36.4 Å². The quantitative estimate of drug-likeness (QED) is 0.779. The Kier molecular flexibility index (Phi) is 5.44. The van der Waals surface area contributed by atoms with Gasteiger partial charge in [0.15, 0.2) is 0 Å². The number of anilines is 1. The number of benzene rings is 2. The first-order chi connectivity index (χ1) is 13.4. The third-order valence-corrected chi connectivity index (χ3v) is 4.92. The second-order valence-corrected chi connectivity index (χ2v) is 6.57. The predicted molar refractivity (Wildman–Crippen MR) is 104 cm³/mol. The smallest absolute Gasteiger partial charge is 0.261 e. The molecule has 0 fully saturated rings. The van der Waals surface area contributed by atoms with Gasteiger partial charge in [0, 0.05) is 32.2 Å². The van der Waals surface area contributed by atoms with Crippen LogP contribution < -0.4 is 10.2 Å². The Hall–Kier alpha value is -3.22. The molecule has 1 N–H and O–H groups in total. The Morgan fingerprint density at radius 3 is 2.36 bits per heavy atom. The number of imide groups is 1. The molecule has 3 amide bonds. The highest BCUT2D eigenvalue weighted by molar-refractivity contribution is 6.21. The first kappa shape index (κ1) is 19.5. The Morgan fingerprint density at radius 1 is 1.04 bits per heavy atom. The molecule has 0 aromatic heterocycles. The number of fused-ring (bicyclic) bond motifs is 1. The van der Waals surface area contributed by atoms with Gasteiger partial charge in [-0.05, 0) is 49.7 Å². The second kappa shape index (κ2) is 7.80. The van der Waals surface area contributed by atoms with E-state index in [1.165, 1.54) is 31.3 Å². The number of hydrogen-bond donors (Lipinski definition) is 1. The zero-order valence-corrected chi connectivity index (χ0v) is 16.1. The summed E-state index contributed by atoms with van der Waals surface area (Å²) in [5.74, 6) is -1.54. The van der Waals surface area contributed by atoms with Crippen LogP contribution in [0.3, 0.4) is 0 Å². The van der Waals surface area contributed by atoms with Gasteiger partial charge in [-0.2, -0.15) is 0 Å². The monoisotopic (exact) mass is 383 g/mol. The molecule has 1 heterocycles. The molecule has 7 heteroatoms. The molecular formula is C21H22FN3O3. The van der Waals surface area contributed by atoms with Crippen LogP contribution in [-0.2, 0) is 6.54 Å². The zero-order chi connectivity index (χ0) is 20.4. The highest BCUT2D eigenvalue weighted by Gasteiger charge is 2.33. The van der Waals surface area contributed by atoms with Gasteiger partial charge in [0.25, 0.3) is 17.7 Å². The number of carbonyl (C=O) groups is 3. The number of hydrogen-bond acceptors (Lipinski definition) is 4. The maximum Gasteiger partial charge on any atom is 0.261 e. The molecule has 0 atom stereocenters. The van der Waals surface area contributed by atoms with Crippen molar-refractivity contribution >= 4 is 23.4 Å². The van der Waals surface area contributed by atoms with E-state index >= 15 is 0 Å². The van der Waals surface area contributed by atoms with Crippen LogP contribution in [0.2, 0.25) is 0 Å². The SMILES string of the molecule is CCN(CC)c1ccc(CNC(=O)c2ccc3c(c2)C(=O)N(C)C3=O)cc1F. The summed E-state index contributed by atoms with van der Waals surface area (Å²) in [5.41, 5.74) is 1.95. The highest BCUT2D eigenvalue weighted by atomic mass is 19.1. The summed E-state index contributed by atoms with van der Waals surface area (Å²) >= 11 is 0. The summed E-state index contributed by atoms with van der Waals surface area (Å²) in [4.78, 5) is 39.3. The lowest BCUT2D eigenvalue weighted by molar-refractivity contribution is 0.0693. The van der Waals surface area contributed by atoms with Gasteiger partial charge in [0.1, 0.15) is 5.82 Å². The number of nitrogens with zero attached hydrogens (tertiary/aromatic N) is 2. The van der Waals surface area contributed by atoms with Gasteiger partial charge in [-0.25, -0.2) is 4.39 Å². The van der Waals surface area contributed by atoms with Crippen LogP contribution in [0, 0.1) is 5.82 Å². The van der Waals surface area contributed by atoms with Gasteiger partial charge in [0.05, 0.1) is 16.8 Å². The minimum Gasteiger partial charge on any atom is -0.370 e. The molecule has 0 spiro atoms. The Bertz CT molecular complexity index is 954. The van der Waals surface area contributed by atoms with Gasteiger partial charge in [-0.3, -0.25) is 19.3 Å². The molecule has 0 bridgehead atoms. The first-order valence-electron chi connectivity index (χ1n) is 9.15. The van der Waals surface area contributed by atoms with Gasteiger partial charge < -0.3 is 10.2 Å². The molecule has 0 radical (unpaired) electrons. The van der Waals surface area contributed by atoms with Crippen molar-refractivity contribution in [1.82, 2.24) is 10.2 Å². The molecule has 0 saturated heterocycles. The van der Waals surface area contributed by atoms with Gasteiger partial charge in [0.2, 0.25) is 0 Å². The second-order valence-electron chi connectivity index (χ2n) is 6.57. The summed E-state index contributed by atoms with van der Waals surface area (Å²) in [6, 6.07) is 9.29. The van der Waals surface area contributed by atoms with Gasteiger partial charge in [-0.1, -0.05) is 6.07 Å². The molecule has 3 rings (SSSR count). The molecule has 28 heavy (non-hydrogen) atoms. The highest BCUT2D eigenvalue weighted by Crippen LogP contribution is 2.23. The largest absolute Gasteiger partial charge is 0.370 e. The first-order valence-corrected chi connectivity index (χ1v) is 9.15. The van der Waals surface area contributed by atoms with Crippen molar-refractivity contribution in [2.75, 3.05) is 25.0 Å². The summed E-state index contributed by atoms with van der Waals surface area (Å²) in [7, 11) is 1.40. The average molecular weight is 383 g/mol. The summed E-state index contributed by atoms with van der Waals surface area (Å²) < 4.78 is 14.4. The predicted octanol–water partition coefficient (Wildman–Crippen LogP) is 2.83. The Labute approximate surface area is 162 Å². The molecule has 6 nitrogen and oxygen atoms in total. The minimum absolute atomic E-state index is 0.151. The van der Waals surface area contributed by atoms with Crippen LogP contribution in [0.4, 0.5) is 10.1 Å². The lowest BCUT2D eigenvalue weighted by atomic mass is 10.1. The number of rotatable bonds is 6. The molecule has 2 aromatic carbocycles. The van der Waals surface area contributed by atoms with E-state index in [-0.39, 0.29) is 35.0 Å². The average Bonchev–Trinajstić information content (AvgIpc) is 2.92. The van der Waals surface area contributed by atoms with E-state index in [4.69, 9.17) is 0 Å². The lowest BCUT2D eigenvalue weighted by Crippen LogP contribution is -2.25. The normalized spacial score (nSPS) is 12.9. The standard InChI is InChI=1S/C21H22FN3O3/c1-4-25(5-2)18-9-6-13(10-17(18)22)12-23-19(26)14-7-8-15-16(11-14)21(28)24(3)20(15)27/h6-11H,4-5,12H2,1-3H3,(H,23,26). The molecule has 2 aromatic rings. The molecule has 0 saturated carbocycles. The minimum atomic E-state index is -0.427. The van der Waals surface area contributed by atoms with E-state index in [9.17, 15) is 18.8 Å². The maximum atomic E-state index is 14.4. The van der Waals surface area contributed by atoms with Gasteiger partial charge >= 0.3 is 0 Å². The van der Waals surface area contributed by atoms with Crippen molar-refractivity contribution in [3.8, 4) is 0 Å².